The summed E-state index contributed by atoms with van der Waals surface area (Å²) in [5.41, 5.74) is -0.346. The molecule has 0 fully saturated rings. The molecule has 0 aliphatic carbocycles. The van der Waals surface area contributed by atoms with Gasteiger partial charge in [-0.1, -0.05) is 29.3 Å². The Morgan fingerprint density at radius 2 is 2.00 bits per heavy atom. The third kappa shape index (κ3) is 3.00. The van der Waals surface area contributed by atoms with Gasteiger partial charge in [0, 0.05) is 5.02 Å². The molecule has 1 aromatic carbocycles. The van der Waals surface area contributed by atoms with E-state index in [0.29, 0.717) is 0 Å². The smallest absolute Gasteiger partial charge is 0.337 e. The maximum absolute atomic E-state index is 11.8. The molecule has 1 aromatic rings. The molecule has 0 heterocycles. The molecule has 7 heteroatoms. The van der Waals surface area contributed by atoms with Crippen molar-refractivity contribution in [1.29, 1.82) is 0 Å². The van der Waals surface area contributed by atoms with Gasteiger partial charge in [0.25, 0.3) is 0 Å². The lowest BCUT2D eigenvalue weighted by atomic mass is 10.2. The second-order valence-corrected chi connectivity index (χ2v) is 5.96. The zero-order valence-corrected chi connectivity index (χ0v) is 10.8. The van der Waals surface area contributed by atoms with Crippen LogP contribution in [0.15, 0.2) is 29.7 Å². The van der Waals surface area contributed by atoms with Crippen molar-refractivity contribution < 1.29 is 18.3 Å². The molecule has 4 nitrogen and oxygen atoms in total. The van der Waals surface area contributed by atoms with Gasteiger partial charge in [-0.25, -0.2) is 13.2 Å². The summed E-state index contributed by atoms with van der Waals surface area (Å²) in [6.07, 6.45) is 1.19. The molecule has 0 aliphatic rings. The number of hydrogen-bond acceptors (Lipinski definition) is 3. The number of aromatic carboxylic acids is 1. The fraction of sp³-hybridized carbons (Fsp3) is 0.100. The molecule has 0 bridgehead atoms. The van der Waals surface area contributed by atoms with E-state index in [1.165, 1.54) is 6.08 Å². The van der Waals surface area contributed by atoms with Gasteiger partial charge in [-0.3, -0.25) is 0 Å². The lowest BCUT2D eigenvalue weighted by Gasteiger charge is -2.07. The summed E-state index contributed by atoms with van der Waals surface area (Å²) < 4.78 is 23.5. The molecular weight excluding hydrogens is 287 g/mol. The lowest BCUT2D eigenvalue weighted by Crippen LogP contribution is -2.08. The normalized spacial score (nSPS) is 11.2. The van der Waals surface area contributed by atoms with E-state index >= 15 is 0 Å². The van der Waals surface area contributed by atoms with E-state index in [4.69, 9.17) is 28.3 Å². The van der Waals surface area contributed by atoms with E-state index in [0.717, 1.165) is 12.1 Å². The third-order valence-electron chi connectivity index (χ3n) is 1.91. The topological polar surface area (TPSA) is 71.4 Å². The number of hydrogen-bond donors (Lipinski definition) is 1. The van der Waals surface area contributed by atoms with Crippen LogP contribution in [0.25, 0.3) is 0 Å². The second-order valence-electron chi connectivity index (χ2n) is 3.14. The monoisotopic (exact) mass is 294 g/mol. The molecule has 0 spiro atoms. The Kier molecular flexibility index (Phi) is 4.19. The van der Waals surface area contributed by atoms with Gasteiger partial charge in [0.15, 0.2) is 9.84 Å². The minimum Gasteiger partial charge on any atom is -0.478 e. The van der Waals surface area contributed by atoms with Crippen LogP contribution < -0.4 is 0 Å². The van der Waals surface area contributed by atoms with Crippen molar-refractivity contribution in [2.45, 2.75) is 4.90 Å². The Balaban J connectivity index is 3.55. The number of benzene rings is 1. The van der Waals surface area contributed by atoms with E-state index < -0.39 is 15.8 Å². The molecule has 0 radical (unpaired) electrons. The Morgan fingerprint density at radius 3 is 2.47 bits per heavy atom. The molecule has 1 rings (SSSR count). The van der Waals surface area contributed by atoms with Gasteiger partial charge in [0.05, 0.1) is 21.2 Å². The molecule has 17 heavy (non-hydrogen) atoms. The molecule has 0 saturated carbocycles. The minimum atomic E-state index is -3.72. The van der Waals surface area contributed by atoms with E-state index in [1.807, 2.05) is 0 Å². The predicted octanol–water partition coefficient (Wildman–Crippen LogP) is 2.65. The van der Waals surface area contributed by atoms with Crippen molar-refractivity contribution in [2.75, 3.05) is 5.75 Å². The minimum absolute atomic E-state index is 0.00515. The Morgan fingerprint density at radius 1 is 1.41 bits per heavy atom. The van der Waals surface area contributed by atoms with E-state index in [1.54, 1.807) is 0 Å². The predicted molar refractivity (Wildman–Crippen MR) is 65.7 cm³/mol. The van der Waals surface area contributed by atoms with Crippen molar-refractivity contribution in [3.63, 3.8) is 0 Å². The summed E-state index contributed by atoms with van der Waals surface area (Å²) >= 11 is 11.4. The van der Waals surface area contributed by atoms with E-state index in [9.17, 15) is 13.2 Å². The van der Waals surface area contributed by atoms with Crippen molar-refractivity contribution in [1.82, 2.24) is 0 Å². The fourth-order valence-electron chi connectivity index (χ4n) is 1.19. The molecule has 0 amide bonds. The molecular formula is C10H8Cl2O4S. The van der Waals surface area contributed by atoms with Gasteiger partial charge in [-0.05, 0) is 12.1 Å². The first-order valence-corrected chi connectivity index (χ1v) is 6.76. The molecule has 1 N–H and O–H groups in total. The quantitative estimate of drug-likeness (QED) is 0.867. The van der Waals surface area contributed by atoms with Crippen LogP contribution in [0.2, 0.25) is 10.0 Å². The number of rotatable bonds is 4. The number of carbonyl (C=O) groups is 1. The summed E-state index contributed by atoms with van der Waals surface area (Å²) in [6.45, 7) is 3.31. The standard InChI is InChI=1S/C10H8Cl2O4S/c1-2-3-17(15,16)8-5-6(11)4-7(9(8)12)10(13)14/h2,4-5H,1,3H2,(H,13,14). The van der Waals surface area contributed by atoms with Crippen LogP contribution in [0.1, 0.15) is 10.4 Å². The Labute approximate surface area is 108 Å². The zero-order valence-electron chi connectivity index (χ0n) is 8.48. The van der Waals surface area contributed by atoms with Gasteiger partial charge in [0.1, 0.15) is 0 Å². The maximum Gasteiger partial charge on any atom is 0.337 e. The fourth-order valence-corrected chi connectivity index (χ4v) is 3.20. The first-order chi connectivity index (χ1) is 7.79. The number of sulfone groups is 1. The molecule has 0 saturated heterocycles. The summed E-state index contributed by atoms with van der Waals surface area (Å²) in [4.78, 5) is 10.6. The largest absolute Gasteiger partial charge is 0.478 e. The summed E-state index contributed by atoms with van der Waals surface area (Å²) in [7, 11) is -3.72. The highest BCUT2D eigenvalue weighted by Gasteiger charge is 2.22. The van der Waals surface area contributed by atoms with Gasteiger partial charge < -0.3 is 5.11 Å². The van der Waals surface area contributed by atoms with Crippen LogP contribution in [-0.2, 0) is 9.84 Å². The highest BCUT2D eigenvalue weighted by molar-refractivity contribution is 7.91. The first-order valence-electron chi connectivity index (χ1n) is 4.35. The summed E-state index contributed by atoms with van der Waals surface area (Å²) in [6, 6.07) is 2.22. The number of carboxylic acids is 1. The summed E-state index contributed by atoms with van der Waals surface area (Å²) in [5, 5.41) is 8.50. The van der Waals surface area contributed by atoms with Crippen LogP contribution in [0.3, 0.4) is 0 Å². The Hall–Kier alpha value is -1.04. The SMILES string of the molecule is C=CCS(=O)(=O)c1cc(Cl)cc(C(=O)O)c1Cl. The van der Waals surface area contributed by atoms with Crippen LogP contribution in [0.4, 0.5) is 0 Å². The maximum atomic E-state index is 11.8. The highest BCUT2D eigenvalue weighted by Crippen LogP contribution is 2.30. The number of carboxylic acid groups (broad SMARTS) is 1. The van der Waals surface area contributed by atoms with E-state index in [2.05, 4.69) is 6.58 Å². The second kappa shape index (κ2) is 5.08. The third-order valence-corrected chi connectivity index (χ3v) is 4.31. The lowest BCUT2D eigenvalue weighted by molar-refractivity contribution is 0.0697. The van der Waals surface area contributed by atoms with Crippen molar-refractivity contribution in [2.24, 2.45) is 0 Å². The van der Waals surface area contributed by atoms with Gasteiger partial charge >= 0.3 is 5.97 Å². The van der Waals surface area contributed by atoms with Crippen LogP contribution in [-0.4, -0.2) is 25.2 Å². The Bertz CT molecular complexity index is 578. The molecule has 0 atom stereocenters. The average molecular weight is 295 g/mol. The van der Waals surface area contributed by atoms with Gasteiger partial charge in [-0.15, -0.1) is 6.58 Å². The van der Waals surface area contributed by atoms with Crippen molar-refractivity contribution in [3.8, 4) is 0 Å². The average Bonchev–Trinajstić information content (AvgIpc) is 2.20. The first kappa shape index (κ1) is 14.0. The van der Waals surface area contributed by atoms with Crippen LogP contribution in [0.5, 0.6) is 0 Å². The molecule has 0 aliphatic heterocycles. The van der Waals surface area contributed by atoms with Crippen LogP contribution in [0, 0.1) is 0 Å². The van der Waals surface area contributed by atoms with Crippen LogP contribution >= 0.6 is 23.2 Å². The number of halogens is 2. The van der Waals surface area contributed by atoms with E-state index in [-0.39, 0.29) is 26.3 Å². The molecule has 92 valence electrons. The van der Waals surface area contributed by atoms with Gasteiger partial charge in [0.2, 0.25) is 0 Å². The van der Waals surface area contributed by atoms with Gasteiger partial charge in [-0.2, -0.15) is 0 Å². The summed E-state index contributed by atoms with van der Waals surface area (Å²) in [5.74, 6) is -1.68. The zero-order chi connectivity index (χ0) is 13.2. The molecule has 0 aromatic heterocycles. The molecule has 0 unspecified atom stereocenters. The highest BCUT2D eigenvalue weighted by atomic mass is 35.5. The van der Waals surface area contributed by atoms with Crippen molar-refractivity contribution in [3.05, 3.63) is 40.4 Å². The van der Waals surface area contributed by atoms with Crippen molar-refractivity contribution >= 4 is 39.0 Å².